The van der Waals surface area contributed by atoms with E-state index in [1.165, 1.54) is 12.4 Å². The van der Waals surface area contributed by atoms with Gasteiger partial charge in [0.05, 0.1) is 18.1 Å². The molecule has 1 aromatic heterocycles. The van der Waals surface area contributed by atoms with E-state index in [1.807, 2.05) is 13.8 Å². The lowest BCUT2D eigenvalue weighted by Crippen LogP contribution is -2.12. The van der Waals surface area contributed by atoms with Crippen LogP contribution in [0.5, 0.6) is 0 Å². The third kappa shape index (κ3) is 4.49. The zero-order chi connectivity index (χ0) is 11.3. The minimum atomic E-state index is -0.796. The van der Waals surface area contributed by atoms with Crippen LogP contribution in [-0.4, -0.2) is 15.9 Å². The van der Waals surface area contributed by atoms with Gasteiger partial charge in [0, 0.05) is 6.42 Å². The van der Waals surface area contributed by atoms with Crippen LogP contribution >= 0.6 is 0 Å². The van der Waals surface area contributed by atoms with Gasteiger partial charge in [-0.1, -0.05) is 13.8 Å². The van der Waals surface area contributed by atoms with Crippen molar-refractivity contribution in [1.82, 2.24) is 9.97 Å². The van der Waals surface area contributed by atoms with Crippen molar-refractivity contribution in [3.8, 4) is 0 Å². The number of carbonyl (C=O) groups excluding carboxylic acids is 1. The van der Waals surface area contributed by atoms with Crippen LogP contribution in [0.4, 0.5) is 10.1 Å². The summed E-state index contributed by atoms with van der Waals surface area (Å²) in [5, 5.41) is 2.59. The van der Waals surface area contributed by atoms with E-state index in [0.29, 0.717) is 18.0 Å². The molecule has 1 rings (SSSR count). The summed E-state index contributed by atoms with van der Waals surface area (Å²) in [5.74, 6) is 0.388. The van der Waals surface area contributed by atoms with E-state index in [0.717, 1.165) is 6.42 Å². The number of halogens is 1. The summed E-state index contributed by atoms with van der Waals surface area (Å²) in [6, 6.07) is 0. The summed E-state index contributed by atoms with van der Waals surface area (Å²) in [5.41, 5.74) is 0.421. The van der Waals surface area contributed by atoms with E-state index in [-0.39, 0.29) is 5.91 Å². The number of anilines is 1. The number of amides is 1. The van der Waals surface area contributed by atoms with Crippen LogP contribution in [-0.2, 0) is 4.79 Å². The van der Waals surface area contributed by atoms with Crippen molar-refractivity contribution in [3.05, 3.63) is 18.5 Å². The second-order valence-electron chi connectivity index (χ2n) is 3.72. The summed E-state index contributed by atoms with van der Waals surface area (Å²) >= 11 is 0. The van der Waals surface area contributed by atoms with Crippen LogP contribution < -0.4 is 5.32 Å². The Hall–Kier alpha value is -1.52. The molecule has 0 bridgehead atoms. The summed E-state index contributed by atoms with van der Waals surface area (Å²) in [7, 11) is 0. The highest BCUT2D eigenvalue weighted by Gasteiger charge is 2.04. The van der Waals surface area contributed by atoms with E-state index in [1.54, 1.807) is 0 Å². The molecule has 0 fully saturated rings. The fraction of sp³-hybridized carbons (Fsp3) is 0.500. The van der Waals surface area contributed by atoms with Crippen LogP contribution in [0.3, 0.4) is 0 Å². The van der Waals surface area contributed by atoms with Gasteiger partial charge >= 0.3 is 6.08 Å². The first kappa shape index (κ1) is 11.6. The van der Waals surface area contributed by atoms with Crippen LogP contribution in [0, 0.1) is 12.0 Å². The molecule has 1 heterocycles. The Labute approximate surface area is 87.9 Å². The molecule has 1 N–H and O–H groups in total. The number of rotatable bonds is 4. The topological polar surface area (TPSA) is 54.9 Å². The molecule has 0 saturated carbocycles. The maximum atomic E-state index is 12.3. The van der Waals surface area contributed by atoms with Crippen LogP contribution in [0.15, 0.2) is 12.4 Å². The third-order valence-corrected chi connectivity index (χ3v) is 1.85. The van der Waals surface area contributed by atoms with Crippen LogP contribution in [0.1, 0.15) is 26.7 Å². The smallest absolute Gasteiger partial charge is 0.308 e. The number of hydrogen-bond acceptors (Lipinski definition) is 3. The number of nitrogens with zero attached hydrogens (tertiary/aromatic N) is 2. The Balaban J connectivity index is 2.41. The van der Waals surface area contributed by atoms with Gasteiger partial charge in [0.2, 0.25) is 5.91 Å². The molecule has 1 amide bonds. The molecule has 1 aromatic rings. The summed E-state index contributed by atoms with van der Waals surface area (Å²) in [6.07, 6.45) is 2.98. The van der Waals surface area contributed by atoms with Crippen molar-refractivity contribution >= 4 is 11.6 Å². The second kappa shape index (κ2) is 5.38. The standard InChI is InChI=1S/C10H14FN3O/c1-7(2)3-4-9(15)14-8-5-12-10(11)13-6-8/h5-7H,3-4H2,1-2H3,(H,14,15). The maximum absolute atomic E-state index is 12.3. The molecule has 82 valence electrons. The lowest BCUT2D eigenvalue weighted by molar-refractivity contribution is -0.116. The van der Waals surface area contributed by atoms with Gasteiger partial charge in [0.1, 0.15) is 0 Å². The summed E-state index contributed by atoms with van der Waals surface area (Å²) in [6.45, 7) is 4.10. The number of aromatic nitrogens is 2. The minimum absolute atomic E-state index is 0.0982. The van der Waals surface area contributed by atoms with Gasteiger partial charge in [0.25, 0.3) is 0 Å². The van der Waals surface area contributed by atoms with E-state index in [2.05, 4.69) is 15.3 Å². The third-order valence-electron chi connectivity index (χ3n) is 1.85. The molecular weight excluding hydrogens is 197 g/mol. The summed E-state index contributed by atoms with van der Waals surface area (Å²) in [4.78, 5) is 18.0. The van der Waals surface area contributed by atoms with Gasteiger partial charge in [-0.2, -0.15) is 4.39 Å². The molecule has 4 nitrogen and oxygen atoms in total. The van der Waals surface area contributed by atoms with Crippen molar-refractivity contribution < 1.29 is 9.18 Å². The minimum Gasteiger partial charge on any atom is -0.323 e. The first-order valence-corrected chi connectivity index (χ1v) is 4.85. The zero-order valence-corrected chi connectivity index (χ0v) is 8.83. The zero-order valence-electron chi connectivity index (χ0n) is 8.83. The Morgan fingerprint density at radius 1 is 1.47 bits per heavy atom. The molecule has 15 heavy (non-hydrogen) atoms. The highest BCUT2D eigenvalue weighted by Crippen LogP contribution is 2.07. The molecule has 0 aliphatic heterocycles. The van der Waals surface area contributed by atoms with Gasteiger partial charge in [-0.15, -0.1) is 0 Å². The first-order chi connectivity index (χ1) is 7.08. The molecule has 0 aromatic carbocycles. The Morgan fingerprint density at radius 3 is 2.60 bits per heavy atom. The number of hydrogen-bond donors (Lipinski definition) is 1. The Morgan fingerprint density at radius 2 is 2.07 bits per heavy atom. The predicted octanol–water partition coefficient (Wildman–Crippen LogP) is 1.99. The molecule has 0 aliphatic rings. The predicted molar refractivity (Wildman–Crippen MR) is 54.7 cm³/mol. The lowest BCUT2D eigenvalue weighted by Gasteiger charge is -2.05. The first-order valence-electron chi connectivity index (χ1n) is 4.85. The molecule has 0 aliphatic carbocycles. The summed E-state index contributed by atoms with van der Waals surface area (Å²) < 4.78 is 12.3. The fourth-order valence-corrected chi connectivity index (χ4v) is 1.02. The second-order valence-corrected chi connectivity index (χ2v) is 3.72. The molecule has 0 radical (unpaired) electrons. The van der Waals surface area contributed by atoms with Gasteiger partial charge in [-0.25, -0.2) is 9.97 Å². The van der Waals surface area contributed by atoms with E-state index >= 15 is 0 Å². The number of nitrogens with one attached hydrogen (secondary N) is 1. The monoisotopic (exact) mass is 211 g/mol. The molecule has 0 atom stereocenters. The van der Waals surface area contributed by atoms with Crippen LogP contribution in [0.25, 0.3) is 0 Å². The number of carbonyl (C=O) groups is 1. The highest BCUT2D eigenvalue weighted by atomic mass is 19.1. The highest BCUT2D eigenvalue weighted by molar-refractivity contribution is 5.90. The van der Waals surface area contributed by atoms with E-state index < -0.39 is 6.08 Å². The SMILES string of the molecule is CC(C)CCC(=O)Nc1cnc(F)nc1. The molecule has 0 unspecified atom stereocenters. The van der Waals surface area contributed by atoms with Crippen molar-refractivity contribution in [1.29, 1.82) is 0 Å². The van der Waals surface area contributed by atoms with Crippen molar-refractivity contribution in [2.24, 2.45) is 5.92 Å². The average molecular weight is 211 g/mol. The lowest BCUT2D eigenvalue weighted by atomic mass is 10.1. The normalized spacial score (nSPS) is 10.4. The van der Waals surface area contributed by atoms with Gasteiger partial charge < -0.3 is 5.32 Å². The largest absolute Gasteiger partial charge is 0.323 e. The van der Waals surface area contributed by atoms with Gasteiger partial charge in [-0.3, -0.25) is 4.79 Å². The van der Waals surface area contributed by atoms with Crippen molar-refractivity contribution in [2.75, 3.05) is 5.32 Å². The molecule has 0 saturated heterocycles. The quantitative estimate of drug-likeness (QED) is 0.775. The average Bonchev–Trinajstić information content (AvgIpc) is 2.19. The Kier molecular flexibility index (Phi) is 4.15. The van der Waals surface area contributed by atoms with E-state index in [4.69, 9.17) is 0 Å². The van der Waals surface area contributed by atoms with Crippen LogP contribution in [0.2, 0.25) is 0 Å². The van der Waals surface area contributed by atoms with E-state index in [9.17, 15) is 9.18 Å². The van der Waals surface area contributed by atoms with Gasteiger partial charge in [0.15, 0.2) is 0 Å². The molecule has 0 spiro atoms. The van der Waals surface area contributed by atoms with Crippen molar-refractivity contribution in [3.63, 3.8) is 0 Å². The Bertz CT molecular complexity index is 324. The molecular formula is C10H14FN3O. The fourth-order valence-electron chi connectivity index (χ4n) is 1.02. The maximum Gasteiger partial charge on any atom is 0.308 e. The van der Waals surface area contributed by atoms with Crippen molar-refractivity contribution in [2.45, 2.75) is 26.7 Å². The van der Waals surface area contributed by atoms with Gasteiger partial charge in [-0.05, 0) is 12.3 Å². The molecule has 5 heteroatoms.